The summed E-state index contributed by atoms with van der Waals surface area (Å²) in [6.45, 7) is 14.8. The largest absolute Gasteiger partial charge is 0.392 e. The first kappa shape index (κ1) is 24.5. The molecule has 0 bridgehead atoms. The van der Waals surface area contributed by atoms with Crippen LogP contribution in [0.2, 0.25) is 12.6 Å². The summed E-state index contributed by atoms with van der Waals surface area (Å²) in [5, 5.41) is 0. The van der Waals surface area contributed by atoms with E-state index >= 15 is 0 Å². The zero-order chi connectivity index (χ0) is 17.6. The van der Waals surface area contributed by atoms with Gasteiger partial charge in [0.2, 0.25) is 0 Å². The van der Waals surface area contributed by atoms with E-state index in [1.165, 1.54) is 12.8 Å². The molecule has 0 spiro atoms. The van der Waals surface area contributed by atoms with Gasteiger partial charge in [-0.2, -0.15) is 0 Å². The minimum absolute atomic E-state index is 0.280. The van der Waals surface area contributed by atoms with Crippen LogP contribution < -0.4 is 0 Å². The third kappa shape index (κ3) is 18.3. The minimum Gasteiger partial charge on any atom is -0.392 e. The molecular formula is C16H38O4SSi. The van der Waals surface area contributed by atoms with Gasteiger partial charge in [0.25, 0.3) is 0 Å². The van der Waals surface area contributed by atoms with E-state index in [2.05, 4.69) is 48.1 Å². The maximum atomic E-state index is 9.99. The van der Waals surface area contributed by atoms with Gasteiger partial charge in [-0.25, -0.2) is 4.21 Å². The molecule has 1 unspecified atom stereocenters. The van der Waals surface area contributed by atoms with Crippen molar-refractivity contribution < 1.29 is 17.6 Å². The van der Waals surface area contributed by atoms with Gasteiger partial charge in [0.1, 0.15) is 0 Å². The SMILES string of the molecule is CCCCCS(=O)O.CCCC[Si](C)(OC(C)C)OC(C)C. The number of unbranched alkanes of at least 4 members (excludes halogenated alkanes) is 3. The second-order valence-corrected chi connectivity index (χ2v) is 10.6. The fourth-order valence-corrected chi connectivity index (χ4v) is 5.85. The summed E-state index contributed by atoms with van der Waals surface area (Å²) in [5.41, 5.74) is 0. The molecule has 0 aliphatic heterocycles. The van der Waals surface area contributed by atoms with Gasteiger partial charge < -0.3 is 13.4 Å². The van der Waals surface area contributed by atoms with Gasteiger partial charge >= 0.3 is 8.56 Å². The highest BCUT2D eigenvalue weighted by atomic mass is 32.2. The molecule has 4 nitrogen and oxygen atoms in total. The Kier molecular flexibility index (Phi) is 16.5. The molecule has 0 aliphatic rings. The van der Waals surface area contributed by atoms with Gasteiger partial charge in [-0.3, -0.25) is 0 Å². The van der Waals surface area contributed by atoms with Crippen molar-refractivity contribution >= 4 is 19.6 Å². The Morgan fingerprint density at radius 2 is 1.41 bits per heavy atom. The first-order valence-electron chi connectivity index (χ1n) is 8.59. The highest BCUT2D eigenvalue weighted by Crippen LogP contribution is 2.20. The molecular weight excluding hydrogens is 316 g/mol. The average molecular weight is 355 g/mol. The molecule has 0 amide bonds. The van der Waals surface area contributed by atoms with Crippen LogP contribution in [0.5, 0.6) is 0 Å². The fourth-order valence-electron chi connectivity index (χ4n) is 2.12. The number of hydrogen-bond donors (Lipinski definition) is 1. The smallest absolute Gasteiger partial charge is 0.335 e. The molecule has 0 saturated heterocycles. The molecule has 1 N–H and O–H groups in total. The molecule has 0 rings (SSSR count). The molecule has 136 valence electrons. The lowest BCUT2D eigenvalue weighted by atomic mass is 10.3. The van der Waals surface area contributed by atoms with Crippen LogP contribution in [0.15, 0.2) is 0 Å². The lowest BCUT2D eigenvalue weighted by Gasteiger charge is -2.31. The molecule has 6 heteroatoms. The molecule has 0 radical (unpaired) electrons. The van der Waals surface area contributed by atoms with Gasteiger partial charge in [0.15, 0.2) is 11.1 Å². The second kappa shape index (κ2) is 14.8. The predicted octanol–water partition coefficient (Wildman–Crippen LogP) is 5.11. The van der Waals surface area contributed by atoms with Crippen LogP contribution in [0.4, 0.5) is 0 Å². The van der Waals surface area contributed by atoms with Crippen molar-refractivity contribution in [1.29, 1.82) is 0 Å². The van der Waals surface area contributed by atoms with Crippen molar-refractivity contribution in [2.75, 3.05) is 5.75 Å². The highest BCUT2D eigenvalue weighted by molar-refractivity contribution is 7.79. The summed E-state index contributed by atoms with van der Waals surface area (Å²) in [5.74, 6) is 0.438. The Morgan fingerprint density at radius 3 is 1.73 bits per heavy atom. The third-order valence-electron chi connectivity index (χ3n) is 2.88. The normalized spacial score (nSPS) is 13.2. The summed E-state index contributed by atoms with van der Waals surface area (Å²) in [7, 11) is -1.90. The maximum Gasteiger partial charge on any atom is 0.335 e. The molecule has 0 aromatic heterocycles. The monoisotopic (exact) mass is 354 g/mol. The average Bonchev–Trinajstić information content (AvgIpc) is 2.35. The van der Waals surface area contributed by atoms with Crippen molar-refractivity contribution in [3.63, 3.8) is 0 Å². The van der Waals surface area contributed by atoms with Gasteiger partial charge in [0.05, 0.1) is 0 Å². The standard InChI is InChI=1S/C11H26O2Si.C5H12O2S/c1-7-8-9-14(6,12-10(2)3)13-11(4)5;1-2-3-4-5-8(6)7/h10-11H,7-9H2,1-6H3;2-5H2,1H3,(H,6,7). The van der Waals surface area contributed by atoms with Crippen LogP contribution in [0.1, 0.15) is 73.6 Å². The third-order valence-corrected chi connectivity index (χ3v) is 6.72. The molecule has 0 aliphatic carbocycles. The molecule has 0 heterocycles. The lowest BCUT2D eigenvalue weighted by molar-refractivity contribution is 0.109. The lowest BCUT2D eigenvalue weighted by Crippen LogP contribution is -2.42. The summed E-state index contributed by atoms with van der Waals surface area (Å²) in [6.07, 6.45) is 6.03. The summed E-state index contributed by atoms with van der Waals surface area (Å²) in [4.78, 5) is 0. The van der Waals surface area contributed by atoms with E-state index in [1.54, 1.807) is 0 Å². The summed E-state index contributed by atoms with van der Waals surface area (Å²) in [6, 6.07) is 1.11. The van der Waals surface area contributed by atoms with Crippen molar-refractivity contribution in [3.05, 3.63) is 0 Å². The Bertz CT molecular complexity index is 263. The van der Waals surface area contributed by atoms with Gasteiger partial charge in [0, 0.05) is 18.0 Å². The molecule has 22 heavy (non-hydrogen) atoms. The first-order chi connectivity index (χ1) is 10.2. The van der Waals surface area contributed by atoms with Crippen molar-refractivity contribution in [2.24, 2.45) is 0 Å². The quantitative estimate of drug-likeness (QED) is 0.318. The molecule has 0 aromatic rings. The Balaban J connectivity index is 0. The van der Waals surface area contributed by atoms with Crippen LogP contribution >= 0.6 is 0 Å². The van der Waals surface area contributed by atoms with Crippen LogP contribution in [0, 0.1) is 0 Å². The zero-order valence-corrected chi connectivity index (χ0v) is 17.5. The zero-order valence-electron chi connectivity index (χ0n) is 15.7. The topological polar surface area (TPSA) is 55.8 Å². The Morgan fingerprint density at radius 1 is 0.955 bits per heavy atom. The number of hydrogen-bond acceptors (Lipinski definition) is 3. The number of rotatable bonds is 11. The van der Waals surface area contributed by atoms with E-state index in [0.717, 1.165) is 25.3 Å². The Labute approximate surface area is 141 Å². The molecule has 0 aromatic carbocycles. The van der Waals surface area contributed by atoms with Gasteiger partial charge in [-0.15, -0.1) is 0 Å². The van der Waals surface area contributed by atoms with E-state index in [-0.39, 0.29) is 12.2 Å². The maximum absolute atomic E-state index is 9.99. The van der Waals surface area contributed by atoms with E-state index in [0.29, 0.717) is 5.75 Å². The van der Waals surface area contributed by atoms with E-state index in [9.17, 15) is 4.21 Å². The summed E-state index contributed by atoms with van der Waals surface area (Å²) < 4.78 is 30.2. The highest BCUT2D eigenvalue weighted by Gasteiger charge is 2.32. The van der Waals surface area contributed by atoms with Gasteiger partial charge in [-0.05, 0) is 46.7 Å². The van der Waals surface area contributed by atoms with Crippen LogP contribution in [0.25, 0.3) is 0 Å². The molecule has 0 saturated carbocycles. The van der Waals surface area contributed by atoms with Crippen LogP contribution in [0.3, 0.4) is 0 Å². The van der Waals surface area contributed by atoms with Crippen molar-refractivity contribution in [2.45, 2.75) is 98.4 Å². The first-order valence-corrected chi connectivity index (χ1v) is 12.4. The molecule has 1 atom stereocenters. The van der Waals surface area contributed by atoms with E-state index in [4.69, 9.17) is 13.4 Å². The van der Waals surface area contributed by atoms with Crippen molar-refractivity contribution in [1.82, 2.24) is 0 Å². The second-order valence-electron chi connectivity index (χ2n) is 6.30. The predicted molar refractivity (Wildman–Crippen MR) is 98.9 cm³/mol. The van der Waals surface area contributed by atoms with E-state index < -0.39 is 19.6 Å². The van der Waals surface area contributed by atoms with Crippen molar-refractivity contribution in [3.8, 4) is 0 Å². The van der Waals surface area contributed by atoms with Gasteiger partial charge in [-0.1, -0.05) is 39.5 Å². The van der Waals surface area contributed by atoms with Crippen LogP contribution in [-0.4, -0.2) is 35.3 Å². The summed E-state index contributed by atoms with van der Waals surface area (Å²) >= 11 is -1.57. The fraction of sp³-hybridized carbons (Fsp3) is 1.00. The van der Waals surface area contributed by atoms with E-state index in [1.807, 2.05) is 0 Å². The minimum atomic E-state index is -1.90. The Hall–Kier alpha value is 0.247. The molecule has 0 fully saturated rings. The van der Waals surface area contributed by atoms with Crippen LogP contribution in [-0.2, 0) is 19.9 Å².